The van der Waals surface area contributed by atoms with E-state index in [4.69, 9.17) is 18.9 Å². The van der Waals surface area contributed by atoms with Crippen molar-refractivity contribution in [1.29, 1.82) is 0 Å². The van der Waals surface area contributed by atoms with Crippen LogP contribution in [0.25, 0.3) is 21.5 Å². The highest BCUT2D eigenvalue weighted by Crippen LogP contribution is 2.44. The largest absolute Gasteiger partial charge is 0.457 e. The first kappa shape index (κ1) is 33.5. The van der Waals surface area contributed by atoms with Crippen molar-refractivity contribution in [2.45, 2.75) is 63.2 Å². The minimum Gasteiger partial charge on any atom is -0.457 e. The van der Waals surface area contributed by atoms with Crippen LogP contribution in [0.5, 0.6) is 23.0 Å². The van der Waals surface area contributed by atoms with Crippen molar-refractivity contribution < 1.29 is 38.1 Å². The van der Waals surface area contributed by atoms with Gasteiger partial charge in [0, 0.05) is 5.41 Å². The molecular formula is C46H36O8. The quantitative estimate of drug-likeness (QED) is 0.124. The van der Waals surface area contributed by atoms with Crippen LogP contribution in [0.1, 0.15) is 110 Å². The van der Waals surface area contributed by atoms with Crippen LogP contribution in [0.3, 0.4) is 0 Å². The molecule has 268 valence electrons. The summed E-state index contributed by atoms with van der Waals surface area (Å²) in [7, 11) is 0. The molecule has 0 amide bonds. The minimum absolute atomic E-state index is 0.181. The number of cyclic esters (lactones) is 4. The summed E-state index contributed by atoms with van der Waals surface area (Å²) in [6.45, 7) is 0. The summed E-state index contributed by atoms with van der Waals surface area (Å²) in [6.07, 6.45) is 10.6. The zero-order valence-electron chi connectivity index (χ0n) is 29.5. The van der Waals surface area contributed by atoms with Gasteiger partial charge in [0.2, 0.25) is 0 Å². The molecule has 3 aliphatic rings. The number of hydrogen-bond donors (Lipinski definition) is 0. The van der Waals surface area contributed by atoms with Crippen LogP contribution in [0.2, 0.25) is 0 Å². The van der Waals surface area contributed by atoms with Crippen LogP contribution in [0.4, 0.5) is 0 Å². The third-order valence-electron chi connectivity index (χ3n) is 11.1. The van der Waals surface area contributed by atoms with Gasteiger partial charge in [0.15, 0.2) is 0 Å². The molecule has 0 aromatic heterocycles. The lowest BCUT2D eigenvalue weighted by molar-refractivity contribution is 0.0425. The molecule has 0 bridgehead atoms. The number of rotatable bonds is 6. The van der Waals surface area contributed by atoms with Crippen molar-refractivity contribution >= 4 is 45.4 Å². The van der Waals surface area contributed by atoms with Crippen LogP contribution in [0.15, 0.2) is 109 Å². The summed E-state index contributed by atoms with van der Waals surface area (Å²) in [5.74, 6) is 0.188. The summed E-state index contributed by atoms with van der Waals surface area (Å²) in [6, 6.07) is 34.8. The first-order valence-electron chi connectivity index (χ1n) is 18.6. The molecule has 6 aromatic rings. The lowest BCUT2D eigenvalue weighted by Crippen LogP contribution is -2.28. The summed E-state index contributed by atoms with van der Waals surface area (Å²) >= 11 is 0. The Hall–Kier alpha value is -6.28. The molecule has 0 atom stereocenters. The second kappa shape index (κ2) is 13.6. The molecule has 1 saturated carbocycles. The monoisotopic (exact) mass is 716 g/mol. The van der Waals surface area contributed by atoms with E-state index in [0.717, 1.165) is 47.2 Å². The molecule has 0 unspecified atom stereocenters. The molecule has 54 heavy (non-hydrogen) atoms. The van der Waals surface area contributed by atoms with E-state index in [0.29, 0.717) is 23.0 Å². The standard InChI is InChI=1S/C46H36O8/c47-42-38-24-28-8-14-36(22-30(28)26-40(38)44(49)53-42)51-34-16-10-32(11-17-34)46(20-6-4-2-1-3-5-7-21-46)33-12-18-35(19-13-33)52-37-15-9-29-25-39-41(27-31(29)23-37)45(50)54-43(39)48/h8-19,22-27H,1-7,20-21H2. The van der Waals surface area contributed by atoms with E-state index in [1.54, 1.807) is 24.3 Å². The van der Waals surface area contributed by atoms with E-state index in [1.807, 2.05) is 60.7 Å². The Balaban J connectivity index is 0.980. The second-order valence-electron chi connectivity index (χ2n) is 14.5. The smallest absolute Gasteiger partial charge is 0.346 e. The highest BCUT2D eigenvalue weighted by molar-refractivity contribution is 6.18. The average Bonchev–Trinajstić information content (AvgIpc) is 3.62. The SMILES string of the molecule is O=C1OC(=O)c2cc3cc(Oc4ccc(C5(c6ccc(Oc7ccc8cc9c(cc8c7)C(=O)OC9=O)cc6)CCCCCCCCC5)cc4)ccc3cc21. The van der Waals surface area contributed by atoms with Gasteiger partial charge in [0.25, 0.3) is 0 Å². The van der Waals surface area contributed by atoms with Crippen LogP contribution in [-0.4, -0.2) is 23.9 Å². The zero-order chi connectivity index (χ0) is 36.8. The number of carbonyl (C=O) groups is 4. The average molecular weight is 717 g/mol. The van der Waals surface area contributed by atoms with E-state index in [-0.39, 0.29) is 27.7 Å². The first-order chi connectivity index (χ1) is 26.3. The molecule has 0 N–H and O–H groups in total. The molecule has 0 saturated heterocycles. The third-order valence-corrected chi connectivity index (χ3v) is 11.1. The summed E-state index contributed by atoms with van der Waals surface area (Å²) in [5.41, 5.74) is 3.44. The van der Waals surface area contributed by atoms with Crippen LogP contribution >= 0.6 is 0 Å². The number of esters is 4. The normalized spacial score (nSPS) is 16.8. The Kier molecular flexibility index (Phi) is 8.45. The van der Waals surface area contributed by atoms with Crippen LogP contribution in [-0.2, 0) is 14.9 Å². The summed E-state index contributed by atoms with van der Waals surface area (Å²) < 4.78 is 22.2. The van der Waals surface area contributed by atoms with Gasteiger partial charge in [-0.1, -0.05) is 81.3 Å². The first-order valence-corrected chi connectivity index (χ1v) is 18.6. The molecule has 8 nitrogen and oxygen atoms in total. The van der Waals surface area contributed by atoms with Gasteiger partial charge >= 0.3 is 23.9 Å². The maximum absolute atomic E-state index is 12.1. The highest BCUT2D eigenvalue weighted by Gasteiger charge is 2.34. The van der Waals surface area contributed by atoms with Gasteiger partial charge in [-0.2, -0.15) is 0 Å². The fraction of sp³-hybridized carbons (Fsp3) is 0.217. The van der Waals surface area contributed by atoms with Crippen molar-refractivity contribution in [2.24, 2.45) is 0 Å². The predicted molar refractivity (Wildman–Crippen MR) is 203 cm³/mol. The number of hydrogen-bond acceptors (Lipinski definition) is 8. The molecule has 0 radical (unpaired) electrons. The third kappa shape index (κ3) is 6.17. The van der Waals surface area contributed by atoms with E-state index in [2.05, 4.69) is 24.3 Å². The molecule has 6 aromatic carbocycles. The molecular weight excluding hydrogens is 680 g/mol. The van der Waals surface area contributed by atoms with Gasteiger partial charge in [0.05, 0.1) is 22.3 Å². The van der Waals surface area contributed by atoms with Gasteiger partial charge in [-0.05, 0) is 118 Å². The molecule has 8 heteroatoms. The zero-order valence-corrected chi connectivity index (χ0v) is 29.5. The lowest BCUT2D eigenvalue weighted by atomic mass is 9.67. The second-order valence-corrected chi connectivity index (χ2v) is 14.5. The summed E-state index contributed by atoms with van der Waals surface area (Å²) in [5, 5.41) is 3.22. The van der Waals surface area contributed by atoms with Gasteiger partial charge in [-0.25, -0.2) is 19.2 Å². The van der Waals surface area contributed by atoms with E-state index >= 15 is 0 Å². The molecule has 0 spiro atoms. The Bertz CT molecular complexity index is 2320. The van der Waals surface area contributed by atoms with Gasteiger partial charge in [0.1, 0.15) is 23.0 Å². The van der Waals surface area contributed by atoms with Crippen molar-refractivity contribution in [3.05, 3.63) is 143 Å². The van der Waals surface area contributed by atoms with Gasteiger partial charge in [-0.3, -0.25) is 0 Å². The Morgan fingerprint density at radius 1 is 0.370 bits per heavy atom. The maximum atomic E-state index is 12.1. The lowest BCUT2D eigenvalue weighted by Gasteiger charge is -2.36. The number of carbonyl (C=O) groups excluding carboxylic acids is 4. The highest BCUT2D eigenvalue weighted by atomic mass is 16.6. The van der Waals surface area contributed by atoms with E-state index in [9.17, 15) is 19.2 Å². The van der Waals surface area contributed by atoms with Crippen molar-refractivity contribution in [3.8, 4) is 23.0 Å². The number of benzene rings is 6. The fourth-order valence-electron chi connectivity index (χ4n) is 8.31. The molecule has 1 aliphatic carbocycles. The van der Waals surface area contributed by atoms with Crippen molar-refractivity contribution in [2.75, 3.05) is 0 Å². The Morgan fingerprint density at radius 2 is 0.704 bits per heavy atom. The molecule has 2 heterocycles. The number of ether oxygens (including phenoxy) is 4. The molecule has 1 fully saturated rings. The summed E-state index contributed by atoms with van der Waals surface area (Å²) in [4.78, 5) is 48.3. The van der Waals surface area contributed by atoms with Crippen LogP contribution < -0.4 is 9.47 Å². The Morgan fingerprint density at radius 3 is 1.09 bits per heavy atom. The van der Waals surface area contributed by atoms with E-state index < -0.39 is 23.9 Å². The molecule has 9 rings (SSSR count). The van der Waals surface area contributed by atoms with Crippen molar-refractivity contribution in [3.63, 3.8) is 0 Å². The topological polar surface area (TPSA) is 105 Å². The minimum atomic E-state index is -0.626. The van der Waals surface area contributed by atoms with Crippen LogP contribution in [0, 0.1) is 0 Å². The van der Waals surface area contributed by atoms with Gasteiger partial charge < -0.3 is 18.9 Å². The fourth-order valence-corrected chi connectivity index (χ4v) is 8.31. The molecule has 2 aliphatic heterocycles. The maximum Gasteiger partial charge on any atom is 0.346 e. The van der Waals surface area contributed by atoms with Crippen molar-refractivity contribution in [1.82, 2.24) is 0 Å². The Labute approximate surface area is 311 Å². The van der Waals surface area contributed by atoms with Gasteiger partial charge in [-0.15, -0.1) is 0 Å². The number of fused-ring (bicyclic) bond motifs is 4. The predicted octanol–water partition coefficient (Wildman–Crippen LogP) is 11.0. The van der Waals surface area contributed by atoms with E-state index in [1.165, 1.54) is 43.2 Å².